The molecule has 3 amide bonds. The zero-order chi connectivity index (χ0) is 50.8. The van der Waals surface area contributed by atoms with Crippen molar-refractivity contribution in [2.45, 2.75) is 111 Å². The Hall–Kier alpha value is -6.13. The molecular weight excluding hydrogens is 935 g/mol. The maximum absolute atomic E-state index is 14.1. The average molecular weight is 1000 g/mol. The molecule has 0 radical (unpaired) electrons. The summed E-state index contributed by atoms with van der Waals surface area (Å²) in [7, 11) is 0. The number of aromatic hydroxyl groups is 2. The largest absolute Gasteiger partial charge is 0.508 e. The molecule has 2 aromatic heterocycles. The molecule has 0 saturated carbocycles. The summed E-state index contributed by atoms with van der Waals surface area (Å²) in [5, 5.41) is 37.4. The summed E-state index contributed by atoms with van der Waals surface area (Å²) < 4.78 is 6.89. The number of unbranched alkanes of at least 4 members (excludes halogenated alkanes) is 4. The van der Waals surface area contributed by atoms with Crippen molar-refractivity contribution in [2.24, 2.45) is 5.41 Å². The Balaban J connectivity index is 0.813. The lowest BCUT2D eigenvalue weighted by Crippen LogP contribution is -2.57. The molecule has 1 saturated heterocycles. The van der Waals surface area contributed by atoms with E-state index in [1.54, 1.807) is 65.9 Å². The van der Waals surface area contributed by atoms with Gasteiger partial charge in [0, 0.05) is 52.0 Å². The van der Waals surface area contributed by atoms with Crippen molar-refractivity contribution in [3.05, 3.63) is 119 Å². The molecule has 71 heavy (non-hydrogen) atoms. The quantitative estimate of drug-likeness (QED) is 0.0324. The number of hydrogen-bond acceptors (Lipinski definition) is 12. The van der Waals surface area contributed by atoms with Crippen molar-refractivity contribution in [3.63, 3.8) is 0 Å². The topological polar surface area (TPSA) is 182 Å². The Morgan fingerprint density at radius 1 is 0.845 bits per heavy atom. The Bertz CT molecular complexity index is 2770. The number of nitrogens with zero attached hydrogens (tertiary/aromatic N) is 3. The van der Waals surface area contributed by atoms with Crippen LogP contribution in [0.1, 0.15) is 113 Å². The first-order chi connectivity index (χ1) is 34.0. The molecule has 1 aliphatic heterocycles. The number of carbonyl (C=O) groups is 4. The number of aliphatic hydroxyl groups is 1. The van der Waals surface area contributed by atoms with Gasteiger partial charge in [0.25, 0.3) is 0 Å². The maximum Gasteiger partial charge on any atom is 0.246 e. The van der Waals surface area contributed by atoms with E-state index in [9.17, 15) is 34.5 Å². The third kappa shape index (κ3) is 13.4. The van der Waals surface area contributed by atoms with E-state index >= 15 is 0 Å². The van der Waals surface area contributed by atoms with Gasteiger partial charge in [-0.3, -0.25) is 19.2 Å². The number of ether oxygens (including phenoxy) is 1. The van der Waals surface area contributed by atoms with Crippen LogP contribution in [-0.2, 0) is 14.4 Å². The van der Waals surface area contributed by atoms with Crippen molar-refractivity contribution in [2.75, 3.05) is 32.8 Å². The first-order valence-electron chi connectivity index (χ1n) is 24.6. The van der Waals surface area contributed by atoms with Crippen LogP contribution in [-0.4, -0.2) is 105 Å². The zero-order valence-electron chi connectivity index (χ0n) is 41.6. The van der Waals surface area contributed by atoms with Crippen LogP contribution < -0.4 is 15.4 Å². The molecule has 15 heteroatoms. The number of phenols is 2. The van der Waals surface area contributed by atoms with Gasteiger partial charge >= 0.3 is 0 Å². The third-order valence-electron chi connectivity index (χ3n) is 13.2. The van der Waals surface area contributed by atoms with Gasteiger partial charge in [-0.2, -0.15) is 0 Å². The number of likely N-dealkylation sites (N-methyl/N-ethyl adjacent to an activating group) is 1. The van der Waals surface area contributed by atoms with E-state index in [2.05, 4.69) is 27.4 Å². The number of β-amino-alcohol motifs (C(OH)–C–C–N with tert-alkyl or cyclic N) is 1. The molecule has 4 atom stereocenters. The number of aliphatic hydroxyl groups excluding tert-OH is 1. The van der Waals surface area contributed by atoms with Crippen LogP contribution in [0, 0.1) is 12.3 Å². The molecule has 6 aromatic rings. The number of nitrogens with one attached hydrogen (secondary N) is 2. The molecule has 0 aliphatic carbocycles. The summed E-state index contributed by atoms with van der Waals surface area (Å²) in [5.41, 5.74) is 6.01. The fourth-order valence-electron chi connectivity index (χ4n) is 9.09. The predicted molar refractivity (Wildman–Crippen MR) is 282 cm³/mol. The van der Waals surface area contributed by atoms with Crippen molar-refractivity contribution in [1.29, 1.82) is 0 Å². The predicted octanol–water partition coefficient (Wildman–Crippen LogP) is 10.1. The van der Waals surface area contributed by atoms with Crippen molar-refractivity contribution in [1.82, 2.24) is 25.4 Å². The van der Waals surface area contributed by atoms with E-state index in [1.165, 1.54) is 16.2 Å². The minimum absolute atomic E-state index is 0.0192. The van der Waals surface area contributed by atoms with E-state index in [0.717, 1.165) is 87.5 Å². The lowest BCUT2D eigenvalue weighted by molar-refractivity contribution is -0.144. The van der Waals surface area contributed by atoms with Gasteiger partial charge in [-0.05, 0) is 129 Å². The van der Waals surface area contributed by atoms with Gasteiger partial charge in [0.05, 0.1) is 28.2 Å². The number of aryl methyl sites for hydroxylation is 1. The molecule has 1 aliphatic rings. The first-order valence-corrected chi connectivity index (χ1v) is 26.3. The molecular formula is C56H67N5O8S2. The molecule has 1 unspecified atom stereocenters. The Kier molecular flexibility index (Phi) is 17.7. The number of thiophene rings is 1. The lowest BCUT2D eigenvalue weighted by atomic mass is 9.85. The van der Waals surface area contributed by atoms with Crippen LogP contribution in [0.25, 0.3) is 31.0 Å². The van der Waals surface area contributed by atoms with Crippen LogP contribution in [0.5, 0.6) is 17.2 Å². The monoisotopic (exact) mass is 1000 g/mol. The summed E-state index contributed by atoms with van der Waals surface area (Å²) in [6, 6.07) is 24.9. The number of benzene rings is 4. The number of fused-ring (bicyclic) bond motifs is 1. The van der Waals surface area contributed by atoms with Gasteiger partial charge in [-0.15, -0.1) is 22.7 Å². The Morgan fingerprint density at radius 3 is 2.18 bits per heavy atom. The highest BCUT2D eigenvalue weighted by atomic mass is 32.1. The van der Waals surface area contributed by atoms with Crippen LogP contribution >= 0.6 is 22.7 Å². The van der Waals surface area contributed by atoms with Gasteiger partial charge in [0.15, 0.2) is 5.78 Å². The first kappa shape index (κ1) is 52.7. The zero-order valence-corrected chi connectivity index (χ0v) is 43.2. The molecule has 7 rings (SSSR count). The van der Waals surface area contributed by atoms with Gasteiger partial charge in [-0.1, -0.05) is 71.2 Å². The molecule has 4 aromatic carbocycles. The summed E-state index contributed by atoms with van der Waals surface area (Å²) in [6.45, 7) is 14.7. The number of hydrogen-bond donors (Lipinski definition) is 5. The maximum atomic E-state index is 14.1. The number of phenolic OH excluding ortho intramolecular Hbond substituents is 2. The van der Waals surface area contributed by atoms with Crippen molar-refractivity contribution >= 4 is 56.3 Å². The smallest absolute Gasteiger partial charge is 0.246 e. The number of rotatable bonds is 22. The number of carbonyl (C=O) groups excluding carboxylic acids is 4. The van der Waals surface area contributed by atoms with Crippen molar-refractivity contribution < 1.29 is 39.2 Å². The second kappa shape index (κ2) is 23.9. The Labute approximate surface area is 424 Å². The highest BCUT2D eigenvalue weighted by Gasteiger charge is 2.44. The third-order valence-corrected chi connectivity index (χ3v) is 15.4. The number of amides is 3. The van der Waals surface area contributed by atoms with Gasteiger partial charge < -0.3 is 40.5 Å². The summed E-state index contributed by atoms with van der Waals surface area (Å²) >= 11 is 3.01. The molecule has 13 nitrogen and oxygen atoms in total. The van der Waals surface area contributed by atoms with E-state index < -0.39 is 23.6 Å². The van der Waals surface area contributed by atoms with E-state index in [0.29, 0.717) is 29.9 Å². The normalized spacial score (nSPS) is 15.7. The Morgan fingerprint density at radius 2 is 1.51 bits per heavy atom. The van der Waals surface area contributed by atoms with Crippen LogP contribution in [0.3, 0.4) is 0 Å². The number of aromatic nitrogens is 1. The van der Waals surface area contributed by atoms with Crippen LogP contribution in [0.2, 0.25) is 0 Å². The van der Waals surface area contributed by atoms with E-state index in [-0.39, 0.29) is 60.4 Å². The SMILES string of the molecule is CCN(CCCCCCCC(=O)NC(C(=O)N1C[C@@H](O)C[C@@H]1C(=O)N[C@H](C)c1ccc(-c2scnc2C)cc1)C(C)(C)C)CCOc1ccc(C(=O)c2c(-c3ccc(O)cc3)sc3cc(O)ccc23)cc1. The minimum atomic E-state index is -0.870. The molecule has 3 heterocycles. The number of likely N-dealkylation sites (tertiary alicyclic amines) is 1. The fourth-order valence-corrected chi connectivity index (χ4v) is 11.1. The molecule has 1 fully saturated rings. The number of thiazole rings is 1. The molecule has 376 valence electrons. The fraction of sp³-hybridized carbons (Fsp3) is 0.411. The lowest BCUT2D eigenvalue weighted by Gasteiger charge is -2.35. The van der Waals surface area contributed by atoms with E-state index in [1.807, 2.05) is 76.5 Å². The molecule has 0 bridgehead atoms. The van der Waals surface area contributed by atoms with E-state index in [4.69, 9.17) is 4.74 Å². The second-order valence-electron chi connectivity index (χ2n) is 19.6. The van der Waals surface area contributed by atoms with Gasteiger partial charge in [0.1, 0.15) is 35.9 Å². The van der Waals surface area contributed by atoms with Gasteiger partial charge in [0.2, 0.25) is 17.7 Å². The molecule has 5 N–H and O–H groups in total. The van der Waals surface area contributed by atoms with Crippen LogP contribution in [0.4, 0.5) is 0 Å². The van der Waals surface area contributed by atoms with Crippen LogP contribution in [0.15, 0.2) is 96.5 Å². The highest BCUT2D eigenvalue weighted by molar-refractivity contribution is 7.22. The highest BCUT2D eigenvalue weighted by Crippen LogP contribution is 2.42. The average Bonchev–Trinajstić information content (AvgIpc) is 4.08. The van der Waals surface area contributed by atoms with Crippen molar-refractivity contribution in [3.8, 4) is 38.1 Å². The summed E-state index contributed by atoms with van der Waals surface area (Å²) in [4.78, 5) is 65.1. The standard InChI is InChI=1S/C56H67N5O8S2/c1-7-60(29-30-69-44-25-20-38(21-26-44)50(66)49-45-27-24-42(63)32-47(45)71-52(49)40-18-22-41(62)23-19-40)28-12-10-8-9-11-13-48(65)59-53(56(4,5)6)55(68)61-33-43(64)31-46(61)54(67)58-35(2)37-14-16-39(17-15-37)51-36(3)57-34-70-51/h14-27,32,34-35,43,46,53,62-64H,7-13,28-31,33H2,1-6H3,(H,58,67)(H,59,65)/t35-,43+,46-,53?/m1/s1. The number of ketones is 1. The summed E-state index contributed by atoms with van der Waals surface area (Å²) in [6.07, 6.45) is 4.14. The van der Waals surface area contributed by atoms with Gasteiger partial charge in [-0.25, -0.2) is 4.98 Å². The summed E-state index contributed by atoms with van der Waals surface area (Å²) in [5.74, 6) is -0.114. The molecule has 0 spiro atoms. The minimum Gasteiger partial charge on any atom is -0.508 e. The second-order valence-corrected chi connectivity index (χ2v) is 21.5.